The zero-order chi connectivity index (χ0) is 13.3. The molecule has 0 bridgehead atoms. The summed E-state index contributed by atoms with van der Waals surface area (Å²) in [5.74, 6) is 0. The molecule has 1 aromatic carbocycles. The molecule has 1 heterocycles. The van der Waals surface area contributed by atoms with Crippen molar-refractivity contribution >= 4 is 11.4 Å². The van der Waals surface area contributed by atoms with Gasteiger partial charge in [-0.05, 0) is 19.4 Å². The molecule has 1 fully saturated rings. The largest absolute Gasteiger partial charge is 0.388 e. The van der Waals surface area contributed by atoms with E-state index in [1.807, 2.05) is 11.0 Å². The van der Waals surface area contributed by atoms with Crippen molar-refractivity contribution in [1.82, 2.24) is 0 Å². The minimum Gasteiger partial charge on any atom is -0.388 e. The summed E-state index contributed by atoms with van der Waals surface area (Å²) < 4.78 is 0. The van der Waals surface area contributed by atoms with Gasteiger partial charge in [0.05, 0.1) is 21.8 Å². The van der Waals surface area contributed by atoms with E-state index in [1.54, 1.807) is 13.0 Å². The molecule has 0 aliphatic carbocycles. The Morgan fingerprint density at radius 2 is 2.33 bits per heavy atom. The van der Waals surface area contributed by atoms with Gasteiger partial charge in [0.2, 0.25) is 0 Å². The number of nitro benzene ring substituents is 1. The summed E-state index contributed by atoms with van der Waals surface area (Å²) in [6.45, 7) is 2.81. The third-order valence-electron chi connectivity index (χ3n) is 3.10. The topological polar surface area (TPSA) is 90.4 Å². The van der Waals surface area contributed by atoms with E-state index < -0.39 is 10.5 Å². The van der Waals surface area contributed by atoms with Crippen molar-refractivity contribution in [2.45, 2.75) is 18.9 Å². The maximum atomic E-state index is 10.6. The molecule has 0 spiro atoms. The number of hydrogen-bond donors (Lipinski definition) is 1. The Morgan fingerprint density at radius 1 is 1.61 bits per heavy atom. The van der Waals surface area contributed by atoms with E-state index in [2.05, 4.69) is 0 Å². The fourth-order valence-corrected chi connectivity index (χ4v) is 2.15. The first kappa shape index (κ1) is 12.3. The summed E-state index contributed by atoms with van der Waals surface area (Å²) in [6, 6.07) is 6.18. The molecule has 1 unspecified atom stereocenters. The predicted octanol–water partition coefficient (Wildman–Crippen LogP) is 1.43. The monoisotopic (exact) mass is 247 g/mol. The molecule has 0 amide bonds. The summed E-state index contributed by atoms with van der Waals surface area (Å²) in [6.07, 6.45) is 0.620. The lowest BCUT2D eigenvalue weighted by Crippen LogP contribution is -2.29. The van der Waals surface area contributed by atoms with Crippen LogP contribution in [0.2, 0.25) is 0 Å². The molecule has 18 heavy (non-hydrogen) atoms. The van der Waals surface area contributed by atoms with Gasteiger partial charge in [-0.2, -0.15) is 5.26 Å². The second-order valence-corrected chi connectivity index (χ2v) is 4.74. The van der Waals surface area contributed by atoms with Crippen molar-refractivity contribution in [2.24, 2.45) is 0 Å². The van der Waals surface area contributed by atoms with E-state index in [1.165, 1.54) is 12.1 Å². The van der Waals surface area contributed by atoms with Crippen molar-refractivity contribution in [3.05, 3.63) is 33.9 Å². The molecular formula is C12H13N3O3. The lowest BCUT2D eigenvalue weighted by molar-refractivity contribution is -0.384. The zero-order valence-electron chi connectivity index (χ0n) is 9.96. The Kier molecular flexibility index (Phi) is 2.93. The highest BCUT2D eigenvalue weighted by Gasteiger charge is 2.32. The van der Waals surface area contributed by atoms with Gasteiger partial charge in [-0.15, -0.1) is 0 Å². The molecule has 94 valence electrons. The van der Waals surface area contributed by atoms with Crippen LogP contribution in [0, 0.1) is 21.4 Å². The maximum absolute atomic E-state index is 10.6. The van der Waals surface area contributed by atoms with Crippen LogP contribution in [-0.4, -0.2) is 28.7 Å². The quantitative estimate of drug-likeness (QED) is 0.630. The first-order chi connectivity index (χ1) is 8.43. The highest BCUT2D eigenvalue weighted by Crippen LogP contribution is 2.30. The SMILES string of the molecule is CC1(O)CCN(c2ccc([N+](=O)[O-])cc2C#N)C1. The van der Waals surface area contributed by atoms with Gasteiger partial charge in [0, 0.05) is 25.2 Å². The van der Waals surface area contributed by atoms with E-state index in [-0.39, 0.29) is 11.3 Å². The van der Waals surface area contributed by atoms with Gasteiger partial charge in [0.25, 0.3) is 5.69 Å². The first-order valence-corrected chi connectivity index (χ1v) is 5.59. The van der Waals surface area contributed by atoms with Crippen LogP contribution < -0.4 is 4.90 Å². The summed E-state index contributed by atoms with van der Waals surface area (Å²) in [4.78, 5) is 12.0. The number of non-ortho nitro benzene ring substituents is 1. The Morgan fingerprint density at radius 3 is 2.83 bits per heavy atom. The van der Waals surface area contributed by atoms with Crippen molar-refractivity contribution in [3.63, 3.8) is 0 Å². The molecule has 1 atom stereocenters. The summed E-state index contributed by atoms with van der Waals surface area (Å²) in [7, 11) is 0. The molecule has 0 radical (unpaired) electrons. The van der Waals surface area contributed by atoms with Gasteiger partial charge >= 0.3 is 0 Å². The van der Waals surface area contributed by atoms with E-state index >= 15 is 0 Å². The van der Waals surface area contributed by atoms with E-state index in [9.17, 15) is 15.2 Å². The molecule has 1 saturated heterocycles. The second kappa shape index (κ2) is 4.27. The lowest BCUT2D eigenvalue weighted by Gasteiger charge is -2.21. The molecule has 1 N–H and O–H groups in total. The number of β-amino-alcohol motifs (C(OH)–C–C–N with tert-alkyl or cyclic N) is 1. The normalized spacial score (nSPS) is 22.8. The number of nitriles is 1. The molecule has 1 aliphatic heterocycles. The Bertz CT molecular complexity index is 534. The summed E-state index contributed by atoms with van der Waals surface area (Å²) in [5.41, 5.74) is 0.0399. The number of benzene rings is 1. The van der Waals surface area contributed by atoms with Crippen molar-refractivity contribution in [1.29, 1.82) is 5.26 Å². The third-order valence-corrected chi connectivity index (χ3v) is 3.10. The molecule has 6 heteroatoms. The van der Waals surface area contributed by atoms with Crippen LogP contribution in [0.25, 0.3) is 0 Å². The number of anilines is 1. The molecule has 2 rings (SSSR count). The Hall–Kier alpha value is -2.13. The van der Waals surface area contributed by atoms with Crippen molar-refractivity contribution in [2.75, 3.05) is 18.0 Å². The molecular weight excluding hydrogens is 234 g/mol. The average Bonchev–Trinajstić information content (AvgIpc) is 2.68. The lowest BCUT2D eigenvalue weighted by atomic mass is 10.1. The summed E-state index contributed by atoms with van der Waals surface area (Å²) in [5, 5.41) is 29.6. The van der Waals surface area contributed by atoms with Crippen LogP contribution >= 0.6 is 0 Å². The molecule has 6 nitrogen and oxygen atoms in total. The fourth-order valence-electron chi connectivity index (χ4n) is 2.15. The van der Waals surface area contributed by atoms with E-state index in [4.69, 9.17) is 5.26 Å². The molecule has 1 aliphatic rings. The van der Waals surface area contributed by atoms with Crippen LogP contribution in [-0.2, 0) is 0 Å². The smallest absolute Gasteiger partial charge is 0.270 e. The molecule has 1 aromatic rings. The van der Waals surface area contributed by atoms with Gasteiger partial charge < -0.3 is 10.0 Å². The minimum atomic E-state index is -0.769. The van der Waals surface area contributed by atoms with Crippen LogP contribution in [0.15, 0.2) is 18.2 Å². The average molecular weight is 247 g/mol. The van der Waals surface area contributed by atoms with Gasteiger partial charge in [-0.3, -0.25) is 10.1 Å². The first-order valence-electron chi connectivity index (χ1n) is 5.59. The fraction of sp³-hybridized carbons (Fsp3) is 0.417. The standard InChI is InChI=1S/C12H13N3O3/c1-12(16)4-5-14(8-12)11-3-2-10(15(17)18)6-9(11)7-13/h2-3,6,16H,4-5,8H2,1H3. The highest BCUT2D eigenvalue weighted by molar-refractivity contribution is 5.63. The van der Waals surface area contributed by atoms with Crippen molar-refractivity contribution in [3.8, 4) is 6.07 Å². The van der Waals surface area contributed by atoms with E-state index in [0.717, 1.165) is 0 Å². The van der Waals surface area contributed by atoms with Crippen LogP contribution in [0.3, 0.4) is 0 Å². The van der Waals surface area contributed by atoms with Crippen molar-refractivity contribution < 1.29 is 10.0 Å². The van der Waals surface area contributed by atoms with Crippen LogP contribution in [0.4, 0.5) is 11.4 Å². The van der Waals surface area contributed by atoms with E-state index in [0.29, 0.717) is 25.2 Å². The van der Waals surface area contributed by atoms with Gasteiger partial charge in [0.1, 0.15) is 6.07 Å². The van der Waals surface area contributed by atoms with Crippen LogP contribution in [0.5, 0.6) is 0 Å². The number of rotatable bonds is 2. The zero-order valence-corrected chi connectivity index (χ0v) is 9.96. The highest BCUT2D eigenvalue weighted by atomic mass is 16.6. The second-order valence-electron chi connectivity index (χ2n) is 4.74. The predicted molar refractivity (Wildman–Crippen MR) is 65.3 cm³/mol. The van der Waals surface area contributed by atoms with Crippen LogP contribution in [0.1, 0.15) is 18.9 Å². The maximum Gasteiger partial charge on any atom is 0.270 e. The van der Waals surface area contributed by atoms with Gasteiger partial charge in [-0.25, -0.2) is 0 Å². The summed E-state index contributed by atoms with van der Waals surface area (Å²) >= 11 is 0. The number of aliphatic hydroxyl groups is 1. The number of nitro groups is 1. The Labute approximate surface area is 104 Å². The number of hydrogen-bond acceptors (Lipinski definition) is 5. The number of nitrogens with zero attached hydrogens (tertiary/aromatic N) is 3. The minimum absolute atomic E-state index is 0.0961. The molecule has 0 aromatic heterocycles. The third kappa shape index (κ3) is 2.26. The molecule has 0 saturated carbocycles. The van der Waals surface area contributed by atoms with Gasteiger partial charge in [-0.1, -0.05) is 0 Å². The Balaban J connectivity index is 2.35. The van der Waals surface area contributed by atoms with Gasteiger partial charge in [0.15, 0.2) is 0 Å².